The van der Waals surface area contributed by atoms with Crippen LogP contribution in [0.25, 0.3) is 0 Å². The second-order valence-corrected chi connectivity index (χ2v) is 9.72. The Hall–Kier alpha value is -2.43. The SMILES string of the molecule is CC(O)(CC(=O)C[C@@H](CC1CC1)C(=O)N[C@H](C#N)C[C@@H]1CCNC1=O)c1ccc(Cl)cc1. The van der Waals surface area contributed by atoms with Crippen LogP contribution in [-0.4, -0.2) is 35.3 Å². The van der Waals surface area contributed by atoms with Crippen molar-refractivity contribution >= 4 is 29.2 Å². The third-order valence-corrected chi connectivity index (χ3v) is 6.57. The quantitative estimate of drug-likeness (QED) is 0.470. The first-order chi connectivity index (χ1) is 15.2. The zero-order valence-corrected chi connectivity index (χ0v) is 19.0. The Morgan fingerprint density at radius 1 is 1.28 bits per heavy atom. The van der Waals surface area contributed by atoms with Crippen LogP contribution in [-0.2, 0) is 20.0 Å². The molecule has 1 aliphatic heterocycles. The van der Waals surface area contributed by atoms with Crippen LogP contribution in [0.2, 0.25) is 5.02 Å². The zero-order chi connectivity index (χ0) is 23.3. The topological polar surface area (TPSA) is 119 Å². The number of nitrogens with one attached hydrogen (secondary N) is 2. The number of carbonyl (C=O) groups is 3. The molecule has 0 radical (unpaired) electrons. The largest absolute Gasteiger partial charge is 0.385 e. The smallest absolute Gasteiger partial charge is 0.224 e. The van der Waals surface area contributed by atoms with E-state index in [2.05, 4.69) is 16.7 Å². The number of Topliss-reactive ketones (excluding diaryl/α,β-unsaturated/α-hetero) is 1. The van der Waals surface area contributed by atoms with Crippen molar-refractivity contribution in [2.24, 2.45) is 17.8 Å². The number of benzene rings is 1. The molecule has 0 spiro atoms. The Labute approximate surface area is 193 Å². The van der Waals surface area contributed by atoms with Gasteiger partial charge < -0.3 is 15.7 Å². The number of hydrogen-bond acceptors (Lipinski definition) is 5. The molecular formula is C24H30ClN3O4. The van der Waals surface area contributed by atoms with Crippen LogP contribution in [0, 0.1) is 29.1 Å². The molecule has 8 heteroatoms. The lowest BCUT2D eigenvalue weighted by Crippen LogP contribution is -2.41. The van der Waals surface area contributed by atoms with Crippen LogP contribution < -0.4 is 10.6 Å². The van der Waals surface area contributed by atoms with Gasteiger partial charge in [0.1, 0.15) is 11.8 Å². The molecule has 1 saturated carbocycles. The van der Waals surface area contributed by atoms with E-state index in [1.807, 2.05) is 0 Å². The molecule has 0 aromatic heterocycles. The predicted octanol–water partition coefficient (Wildman–Crippen LogP) is 2.85. The van der Waals surface area contributed by atoms with Gasteiger partial charge in [0, 0.05) is 36.2 Å². The van der Waals surface area contributed by atoms with Crippen molar-refractivity contribution in [1.29, 1.82) is 5.26 Å². The van der Waals surface area contributed by atoms with Crippen LogP contribution in [0.5, 0.6) is 0 Å². The molecule has 32 heavy (non-hydrogen) atoms. The van der Waals surface area contributed by atoms with Crippen molar-refractivity contribution in [3.8, 4) is 6.07 Å². The maximum absolute atomic E-state index is 12.9. The van der Waals surface area contributed by atoms with Gasteiger partial charge >= 0.3 is 0 Å². The molecule has 3 rings (SSSR count). The Kier molecular flexibility index (Phi) is 7.91. The zero-order valence-electron chi connectivity index (χ0n) is 18.3. The van der Waals surface area contributed by atoms with Crippen LogP contribution >= 0.6 is 11.6 Å². The van der Waals surface area contributed by atoms with E-state index in [0.717, 1.165) is 12.8 Å². The Morgan fingerprint density at radius 2 is 1.97 bits per heavy atom. The molecule has 2 aliphatic rings. The second-order valence-electron chi connectivity index (χ2n) is 9.28. The molecule has 7 nitrogen and oxygen atoms in total. The lowest BCUT2D eigenvalue weighted by molar-refractivity contribution is -0.132. The minimum atomic E-state index is -1.37. The molecule has 3 N–H and O–H groups in total. The van der Waals surface area contributed by atoms with E-state index >= 15 is 0 Å². The third kappa shape index (κ3) is 6.78. The van der Waals surface area contributed by atoms with Gasteiger partial charge in [-0.1, -0.05) is 36.6 Å². The van der Waals surface area contributed by atoms with Gasteiger partial charge in [-0.05, 0) is 49.8 Å². The lowest BCUT2D eigenvalue weighted by atomic mass is 9.86. The summed E-state index contributed by atoms with van der Waals surface area (Å²) in [5.74, 6) is -1.05. The highest BCUT2D eigenvalue weighted by Gasteiger charge is 2.35. The van der Waals surface area contributed by atoms with Crippen molar-refractivity contribution in [2.45, 2.75) is 63.5 Å². The summed E-state index contributed by atoms with van der Waals surface area (Å²) in [6.45, 7) is 2.16. The number of rotatable bonds is 11. The standard InChI is InChI=1S/C24H30ClN3O4/c1-24(32,18-4-6-19(25)7-5-18)13-21(29)12-17(10-15-2-3-15)23(31)28-20(14-26)11-16-8-9-27-22(16)30/h4-7,15-17,20,32H,2-3,8-13H2,1H3,(H,27,30)(H,28,31)/t16-,17+,20-,24?/m0/s1. The van der Waals surface area contributed by atoms with E-state index in [4.69, 9.17) is 11.6 Å². The van der Waals surface area contributed by atoms with E-state index in [-0.39, 0.29) is 42.8 Å². The van der Waals surface area contributed by atoms with E-state index < -0.39 is 17.6 Å². The van der Waals surface area contributed by atoms with Crippen molar-refractivity contribution in [3.05, 3.63) is 34.9 Å². The molecule has 1 unspecified atom stereocenters. The minimum Gasteiger partial charge on any atom is -0.385 e. The molecule has 1 saturated heterocycles. The molecular weight excluding hydrogens is 430 g/mol. The monoisotopic (exact) mass is 459 g/mol. The van der Waals surface area contributed by atoms with Crippen molar-refractivity contribution in [3.63, 3.8) is 0 Å². The van der Waals surface area contributed by atoms with Gasteiger partial charge in [0.15, 0.2) is 0 Å². The van der Waals surface area contributed by atoms with Crippen molar-refractivity contribution < 1.29 is 19.5 Å². The normalized spacial score (nSPS) is 21.7. The fraction of sp³-hybridized carbons (Fsp3) is 0.583. The highest BCUT2D eigenvalue weighted by molar-refractivity contribution is 6.30. The molecule has 2 fully saturated rings. The first kappa shape index (κ1) is 24.2. The number of hydrogen-bond donors (Lipinski definition) is 3. The van der Waals surface area contributed by atoms with Crippen LogP contribution in [0.3, 0.4) is 0 Å². The number of halogens is 1. The maximum Gasteiger partial charge on any atom is 0.224 e. The summed E-state index contributed by atoms with van der Waals surface area (Å²) in [4.78, 5) is 37.6. The van der Waals surface area contributed by atoms with Crippen molar-refractivity contribution in [2.75, 3.05) is 6.54 Å². The van der Waals surface area contributed by atoms with Gasteiger partial charge in [-0.3, -0.25) is 14.4 Å². The minimum absolute atomic E-state index is 0.00807. The Morgan fingerprint density at radius 3 is 2.53 bits per heavy atom. The molecule has 1 aromatic rings. The number of amides is 2. The molecule has 4 atom stereocenters. The summed E-state index contributed by atoms with van der Waals surface area (Å²) in [6, 6.07) is 7.98. The first-order valence-corrected chi connectivity index (χ1v) is 11.5. The molecule has 2 amide bonds. The number of carbonyl (C=O) groups excluding carboxylic acids is 3. The number of nitriles is 1. The van der Waals surface area contributed by atoms with Gasteiger partial charge in [0.2, 0.25) is 11.8 Å². The number of ketones is 1. The number of aliphatic hydroxyl groups is 1. The van der Waals surface area contributed by atoms with Gasteiger partial charge in [-0.2, -0.15) is 5.26 Å². The van der Waals surface area contributed by atoms with E-state index in [1.165, 1.54) is 0 Å². The van der Waals surface area contributed by atoms with E-state index in [9.17, 15) is 24.8 Å². The van der Waals surface area contributed by atoms with Gasteiger partial charge in [0.25, 0.3) is 0 Å². The molecule has 0 bridgehead atoms. The highest BCUT2D eigenvalue weighted by atomic mass is 35.5. The molecule has 1 aliphatic carbocycles. The second kappa shape index (κ2) is 10.5. The highest BCUT2D eigenvalue weighted by Crippen LogP contribution is 2.37. The van der Waals surface area contributed by atoms with E-state index in [0.29, 0.717) is 35.9 Å². The Balaban J connectivity index is 1.60. The molecule has 1 heterocycles. The first-order valence-electron chi connectivity index (χ1n) is 11.2. The predicted molar refractivity (Wildman–Crippen MR) is 119 cm³/mol. The lowest BCUT2D eigenvalue weighted by Gasteiger charge is -2.25. The third-order valence-electron chi connectivity index (χ3n) is 6.32. The van der Waals surface area contributed by atoms with Gasteiger partial charge in [-0.25, -0.2) is 0 Å². The summed E-state index contributed by atoms with van der Waals surface area (Å²) in [6.07, 6.45) is 3.46. The molecule has 172 valence electrons. The van der Waals surface area contributed by atoms with E-state index in [1.54, 1.807) is 31.2 Å². The number of nitrogens with zero attached hydrogens (tertiary/aromatic N) is 1. The summed E-state index contributed by atoms with van der Waals surface area (Å²) >= 11 is 5.90. The average Bonchev–Trinajstić information content (AvgIpc) is 3.47. The maximum atomic E-state index is 12.9. The average molecular weight is 460 g/mol. The summed E-state index contributed by atoms with van der Waals surface area (Å²) < 4.78 is 0. The summed E-state index contributed by atoms with van der Waals surface area (Å²) in [7, 11) is 0. The molecule has 1 aromatic carbocycles. The Bertz CT molecular complexity index is 890. The fourth-order valence-electron chi connectivity index (χ4n) is 4.27. The summed E-state index contributed by atoms with van der Waals surface area (Å²) in [5, 5.41) is 26.3. The van der Waals surface area contributed by atoms with Crippen molar-refractivity contribution in [1.82, 2.24) is 10.6 Å². The van der Waals surface area contributed by atoms with Gasteiger partial charge in [-0.15, -0.1) is 0 Å². The van der Waals surface area contributed by atoms with Crippen LogP contribution in [0.4, 0.5) is 0 Å². The van der Waals surface area contributed by atoms with Crippen LogP contribution in [0.15, 0.2) is 24.3 Å². The van der Waals surface area contributed by atoms with Crippen LogP contribution in [0.1, 0.15) is 57.4 Å². The fourth-order valence-corrected chi connectivity index (χ4v) is 4.39. The summed E-state index contributed by atoms with van der Waals surface area (Å²) in [5.41, 5.74) is -0.786. The van der Waals surface area contributed by atoms with Gasteiger partial charge in [0.05, 0.1) is 11.7 Å².